The second kappa shape index (κ2) is 9.21. The number of hydrogen-bond donors (Lipinski definition) is 1. The number of nitrogens with one attached hydrogen (secondary N) is 1. The van der Waals surface area contributed by atoms with Crippen molar-refractivity contribution in [3.63, 3.8) is 0 Å². The van der Waals surface area contributed by atoms with Gasteiger partial charge >= 0.3 is 11.5 Å². The van der Waals surface area contributed by atoms with Crippen molar-refractivity contribution in [1.29, 1.82) is 0 Å². The van der Waals surface area contributed by atoms with Gasteiger partial charge in [-0.2, -0.15) is 13.2 Å². The summed E-state index contributed by atoms with van der Waals surface area (Å²) < 4.78 is 67.2. The van der Waals surface area contributed by atoms with Gasteiger partial charge in [0, 0.05) is 28.4 Å². The second-order valence-corrected chi connectivity index (χ2v) is 11.7. The molecule has 0 aliphatic carbocycles. The fourth-order valence-corrected chi connectivity index (χ4v) is 6.58. The van der Waals surface area contributed by atoms with Gasteiger partial charge in [0.15, 0.2) is 0 Å². The molecule has 34 heavy (non-hydrogen) atoms. The number of hydrogen-bond acceptors (Lipinski definition) is 8. The molecular weight excluding hydrogens is 530 g/mol. The number of alkyl halides is 3. The number of carbonyl (C=O) groups is 1. The number of halogens is 3. The number of nitrogens with zero attached hydrogens (tertiary/aromatic N) is 1. The number of methoxy groups -OCH3 is 1. The molecule has 4 rings (SSSR count). The van der Waals surface area contributed by atoms with Crippen LogP contribution in [0.1, 0.15) is 9.67 Å². The van der Waals surface area contributed by atoms with Gasteiger partial charge in [-0.05, 0) is 24.0 Å². The number of aromatic amines is 1. The highest BCUT2D eigenvalue weighted by atomic mass is 32.2. The van der Waals surface area contributed by atoms with E-state index in [1.165, 1.54) is 41.5 Å². The number of thioether (sulfide) groups is 1. The van der Waals surface area contributed by atoms with Crippen molar-refractivity contribution in [2.24, 2.45) is 0 Å². The Hall–Kier alpha value is -2.61. The van der Waals surface area contributed by atoms with E-state index in [2.05, 4.69) is 9.97 Å². The van der Waals surface area contributed by atoms with Gasteiger partial charge < -0.3 is 9.72 Å². The molecule has 0 amide bonds. The fourth-order valence-electron chi connectivity index (χ4n) is 3.06. The van der Waals surface area contributed by atoms with Gasteiger partial charge in [0.05, 0.1) is 21.9 Å². The average molecular weight is 545 g/mol. The SMILES string of the molecule is COC(=O)c1cc(-c2nc(-c3ccc(-c4cc(S(=O)(=O)C(F)(F)F)c[nH]4)cc3)cs2)c(SC)s1. The maximum absolute atomic E-state index is 12.8. The molecule has 0 unspecified atom stereocenters. The van der Waals surface area contributed by atoms with Crippen LogP contribution in [-0.4, -0.2) is 43.2 Å². The number of benzene rings is 1. The van der Waals surface area contributed by atoms with E-state index in [0.29, 0.717) is 16.1 Å². The predicted octanol–water partition coefficient (Wildman–Crippen LogP) is 6.34. The first-order chi connectivity index (χ1) is 16.0. The van der Waals surface area contributed by atoms with E-state index in [-0.39, 0.29) is 5.69 Å². The van der Waals surface area contributed by atoms with Crippen molar-refractivity contribution in [2.45, 2.75) is 14.6 Å². The number of thiazole rings is 1. The minimum Gasteiger partial charge on any atom is -0.465 e. The molecule has 3 aromatic heterocycles. The zero-order valence-electron chi connectivity index (χ0n) is 17.5. The molecule has 0 bridgehead atoms. The highest BCUT2D eigenvalue weighted by molar-refractivity contribution is 8.00. The summed E-state index contributed by atoms with van der Waals surface area (Å²) in [6.45, 7) is 0. The Kier molecular flexibility index (Phi) is 6.64. The molecule has 178 valence electrons. The van der Waals surface area contributed by atoms with Crippen molar-refractivity contribution in [3.05, 3.63) is 52.9 Å². The van der Waals surface area contributed by atoms with Gasteiger partial charge in [0.2, 0.25) is 0 Å². The number of rotatable bonds is 6. The highest BCUT2D eigenvalue weighted by Gasteiger charge is 2.47. The van der Waals surface area contributed by atoms with Crippen LogP contribution >= 0.6 is 34.4 Å². The predicted molar refractivity (Wildman–Crippen MR) is 127 cm³/mol. The minimum atomic E-state index is -5.42. The number of esters is 1. The van der Waals surface area contributed by atoms with Gasteiger partial charge in [-0.15, -0.1) is 34.4 Å². The second-order valence-electron chi connectivity index (χ2n) is 6.82. The summed E-state index contributed by atoms with van der Waals surface area (Å²) in [5.74, 6) is -0.408. The molecule has 0 atom stereocenters. The molecule has 6 nitrogen and oxygen atoms in total. The van der Waals surface area contributed by atoms with Crippen molar-refractivity contribution >= 4 is 50.2 Å². The molecular formula is C21H15F3N2O4S4. The van der Waals surface area contributed by atoms with Gasteiger partial charge in [0.25, 0.3) is 9.84 Å². The van der Waals surface area contributed by atoms with Crippen LogP contribution < -0.4 is 0 Å². The lowest BCUT2D eigenvalue weighted by Crippen LogP contribution is -2.22. The Bertz CT molecular complexity index is 1450. The number of H-pyrrole nitrogens is 1. The Balaban J connectivity index is 1.59. The average Bonchev–Trinajstić information content (AvgIpc) is 3.57. The Morgan fingerprint density at radius 2 is 1.82 bits per heavy atom. The molecule has 1 N–H and O–H groups in total. The van der Waals surface area contributed by atoms with Crippen LogP contribution in [0.3, 0.4) is 0 Å². The number of aromatic nitrogens is 2. The number of ether oxygens (including phenoxy) is 1. The van der Waals surface area contributed by atoms with E-state index >= 15 is 0 Å². The van der Waals surface area contributed by atoms with Crippen LogP contribution in [0.2, 0.25) is 0 Å². The summed E-state index contributed by atoms with van der Waals surface area (Å²) >= 11 is 4.26. The molecule has 1 aromatic carbocycles. The van der Waals surface area contributed by atoms with Gasteiger partial charge in [-0.3, -0.25) is 0 Å². The zero-order valence-corrected chi connectivity index (χ0v) is 20.7. The lowest BCUT2D eigenvalue weighted by Gasteiger charge is -2.05. The van der Waals surface area contributed by atoms with Crippen molar-refractivity contribution in [2.75, 3.05) is 13.4 Å². The topological polar surface area (TPSA) is 89.1 Å². The Labute approximate surface area is 204 Å². The van der Waals surface area contributed by atoms with Gasteiger partial charge in [-0.1, -0.05) is 24.3 Å². The summed E-state index contributed by atoms with van der Waals surface area (Å²) in [7, 11) is -4.09. The van der Waals surface area contributed by atoms with E-state index in [1.807, 2.05) is 11.6 Å². The Morgan fingerprint density at radius 3 is 2.44 bits per heavy atom. The van der Waals surface area contributed by atoms with E-state index < -0.39 is 26.2 Å². The number of sulfone groups is 1. The van der Waals surface area contributed by atoms with E-state index in [1.54, 1.807) is 30.3 Å². The maximum Gasteiger partial charge on any atom is 0.501 e. The lowest BCUT2D eigenvalue weighted by atomic mass is 10.1. The summed E-state index contributed by atoms with van der Waals surface area (Å²) in [5.41, 5.74) is -2.30. The fraction of sp³-hybridized carbons (Fsp3) is 0.143. The monoisotopic (exact) mass is 544 g/mol. The third-order valence-electron chi connectivity index (χ3n) is 4.77. The van der Waals surface area contributed by atoms with Crippen LogP contribution in [0.4, 0.5) is 13.2 Å². The minimum absolute atomic E-state index is 0.242. The summed E-state index contributed by atoms with van der Waals surface area (Å²) in [4.78, 5) is 18.8. The van der Waals surface area contributed by atoms with Crippen LogP contribution in [0.5, 0.6) is 0 Å². The molecule has 3 heterocycles. The van der Waals surface area contributed by atoms with Crippen LogP contribution in [0.15, 0.2) is 57.1 Å². The van der Waals surface area contributed by atoms with Crippen molar-refractivity contribution in [3.8, 4) is 33.1 Å². The molecule has 0 aliphatic rings. The summed E-state index contributed by atoms with van der Waals surface area (Å²) in [6.07, 6.45) is 2.74. The molecule has 0 saturated carbocycles. The Morgan fingerprint density at radius 1 is 1.15 bits per heavy atom. The third-order valence-corrected chi connectivity index (χ3v) is 9.36. The largest absolute Gasteiger partial charge is 0.501 e. The van der Waals surface area contributed by atoms with Crippen molar-refractivity contribution in [1.82, 2.24) is 9.97 Å². The first kappa shape index (κ1) is 24.5. The quantitative estimate of drug-likeness (QED) is 0.225. The molecule has 13 heteroatoms. The molecule has 0 saturated heterocycles. The molecule has 0 spiro atoms. The zero-order chi connectivity index (χ0) is 24.7. The molecule has 0 fully saturated rings. The van der Waals surface area contributed by atoms with Gasteiger partial charge in [0.1, 0.15) is 9.88 Å². The first-order valence-electron chi connectivity index (χ1n) is 9.37. The van der Waals surface area contributed by atoms with Gasteiger partial charge in [-0.25, -0.2) is 18.2 Å². The standard InChI is InChI=1S/C21H15F3N2O4S4/c1-30-19(27)17-8-14(20(31-2)33-17)18-26-16(10-32-18)12-5-3-11(4-6-12)15-7-13(9-25-15)34(28,29)21(22,23)24/h3-10,25H,1-2H3. The highest BCUT2D eigenvalue weighted by Crippen LogP contribution is 2.40. The third kappa shape index (κ3) is 4.52. The maximum atomic E-state index is 12.8. The smallest absolute Gasteiger partial charge is 0.465 e. The van der Waals surface area contributed by atoms with E-state index in [9.17, 15) is 26.4 Å². The summed E-state index contributed by atoms with van der Waals surface area (Å²) in [5, 5.41) is 2.60. The van der Waals surface area contributed by atoms with E-state index in [4.69, 9.17) is 4.74 Å². The molecule has 4 aromatic rings. The van der Waals surface area contributed by atoms with Crippen LogP contribution in [-0.2, 0) is 14.6 Å². The summed E-state index contributed by atoms with van der Waals surface area (Å²) in [6, 6.07) is 9.53. The molecule has 0 aliphatic heterocycles. The first-order valence-corrected chi connectivity index (χ1v) is 13.8. The number of carbonyl (C=O) groups excluding carboxylic acids is 1. The normalized spacial score (nSPS) is 12.1. The van der Waals surface area contributed by atoms with Crippen LogP contribution in [0.25, 0.3) is 33.1 Å². The van der Waals surface area contributed by atoms with E-state index in [0.717, 1.165) is 32.6 Å². The number of thiophene rings is 1. The lowest BCUT2D eigenvalue weighted by molar-refractivity contribution is -0.0436. The van der Waals surface area contributed by atoms with Crippen LogP contribution in [0, 0.1) is 0 Å². The van der Waals surface area contributed by atoms with Crippen molar-refractivity contribution < 1.29 is 31.1 Å². The molecule has 0 radical (unpaired) electrons.